The molecule has 0 unspecified atom stereocenters. The number of rotatable bonds is 7. The van der Waals surface area contributed by atoms with Crippen molar-refractivity contribution in [3.63, 3.8) is 0 Å². The van der Waals surface area contributed by atoms with Crippen molar-refractivity contribution in [3.8, 4) is 0 Å². The SMILES string of the molecule is C=CCOCCCC(=O)N1CCCC[C@H]1c1nccs1. The van der Waals surface area contributed by atoms with E-state index in [4.69, 9.17) is 4.74 Å². The zero-order chi connectivity index (χ0) is 14.2. The van der Waals surface area contributed by atoms with E-state index >= 15 is 0 Å². The highest BCUT2D eigenvalue weighted by molar-refractivity contribution is 7.09. The third kappa shape index (κ3) is 4.15. The molecule has 1 saturated heterocycles. The van der Waals surface area contributed by atoms with Gasteiger partial charge < -0.3 is 9.64 Å². The van der Waals surface area contributed by atoms with Gasteiger partial charge in [0.1, 0.15) is 5.01 Å². The third-order valence-electron chi connectivity index (χ3n) is 3.47. The van der Waals surface area contributed by atoms with E-state index in [1.807, 2.05) is 16.5 Å². The minimum atomic E-state index is 0.186. The van der Waals surface area contributed by atoms with Crippen LogP contribution in [0.25, 0.3) is 0 Å². The summed E-state index contributed by atoms with van der Waals surface area (Å²) < 4.78 is 5.32. The Bertz CT molecular complexity index is 420. The van der Waals surface area contributed by atoms with Crippen molar-refractivity contribution in [1.29, 1.82) is 0 Å². The Hall–Kier alpha value is -1.20. The quantitative estimate of drug-likeness (QED) is 0.573. The summed E-state index contributed by atoms with van der Waals surface area (Å²) in [5.41, 5.74) is 0. The number of ether oxygens (including phenoxy) is 1. The van der Waals surface area contributed by atoms with E-state index in [1.54, 1.807) is 17.4 Å². The van der Waals surface area contributed by atoms with Crippen molar-refractivity contribution in [2.24, 2.45) is 0 Å². The molecule has 1 aliphatic rings. The average molecular weight is 294 g/mol. The van der Waals surface area contributed by atoms with Crippen molar-refractivity contribution in [2.75, 3.05) is 19.8 Å². The van der Waals surface area contributed by atoms with Crippen LogP contribution in [-0.2, 0) is 9.53 Å². The number of amides is 1. The minimum absolute atomic E-state index is 0.186. The predicted molar refractivity (Wildman–Crippen MR) is 80.7 cm³/mol. The Morgan fingerprint density at radius 2 is 2.50 bits per heavy atom. The maximum absolute atomic E-state index is 12.4. The van der Waals surface area contributed by atoms with Crippen LogP contribution in [0.15, 0.2) is 24.2 Å². The van der Waals surface area contributed by atoms with Crippen molar-refractivity contribution in [2.45, 2.75) is 38.1 Å². The molecule has 4 nitrogen and oxygen atoms in total. The molecule has 110 valence electrons. The molecule has 0 N–H and O–H groups in total. The smallest absolute Gasteiger partial charge is 0.223 e. The van der Waals surface area contributed by atoms with Crippen molar-refractivity contribution < 1.29 is 9.53 Å². The first-order valence-electron chi connectivity index (χ1n) is 7.20. The van der Waals surface area contributed by atoms with E-state index in [-0.39, 0.29) is 11.9 Å². The Labute approximate surface area is 124 Å². The lowest BCUT2D eigenvalue weighted by Gasteiger charge is -2.34. The van der Waals surface area contributed by atoms with Crippen LogP contribution in [0.1, 0.15) is 43.2 Å². The average Bonchev–Trinajstić information content (AvgIpc) is 3.01. The Balaban J connectivity index is 1.84. The van der Waals surface area contributed by atoms with Crippen molar-refractivity contribution in [3.05, 3.63) is 29.2 Å². The first kappa shape index (κ1) is 15.2. The predicted octanol–water partition coefficient (Wildman–Crippen LogP) is 3.18. The number of nitrogens with zero attached hydrogens (tertiary/aromatic N) is 2. The van der Waals surface area contributed by atoms with Crippen LogP contribution in [-0.4, -0.2) is 35.5 Å². The highest BCUT2D eigenvalue weighted by atomic mass is 32.1. The van der Waals surface area contributed by atoms with Gasteiger partial charge in [0.25, 0.3) is 0 Å². The fourth-order valence-electron chi connectivity index (χ4n) is 2.52. The molecule has 1 amide bonds. The second kappa shape index (κ2) is 8.17. The van der Waals surface area contributed by atoms with E-state index < -0.39 is 0 Å². The van der Waals surface area contributed by atoms with Gasteiger partial charge in [0.05, 0.1) is 12.6 Å². The summed E-state index contributed by atoms with van der Waals surface area (Å²) in [5, 5.41) is 3.05. The summed E-state index contributed by atoms with van der Waals surface area (Å²) >= 11 is 1.64. The lowest BCUT2D eigenvalue weighted by Crippen LogP contribution is -2.38. The first-order chi connectivity index (χ1) is 9.83. The molecule has 0 radical (unpaired) electrons. The van der Waals surface area contributed by atoms with E-state index in [0.29, 0.717) is 19.6 Å². The van der Waals surface area contributed by atoms with Gasteiger partial charge in [-0.1, -0.05) is 6.08 Å². The summed E-state index contributed by atoms with van der Waals surface area (Å²) in [7, 11) is 0. The minimum Gasteiger partial charge on any atom is -0.377 e. The maximum Gasteiger partial charge on any atom is 0.223 e. The lowest BCUT2D eigenvalue weighted by molar-refractivity contribution is -0.135. The lowest BCUT2D eigenvalue weighted by atomic mass is 10.0. The highest BCUT2D eigenvalue weighted by Crippen LogP contribution is 2.32. The molecule has 0 aromatic carbocycles. The third-order valence-corrected chi connectivity index (χ3v) is 4.35. The molecular formula is C15H22N2O2S. The van der Waals surface area contributed by atoms with E-state index in [9.17, 15) is 4.79 Å². The molecule has 0 bridgehead atoms. The van der Waals surface area contributed by atoms with Crippen LogP contribution in [0, 0.1) is 0 Å². The summed E-state index contributed by atoms with van der Waals surface area (Å²) in [4.78, 5) is 18.8. The largest absolute Gasteiger partial charge is 0.377 e. The highest BCUT2D eigenvalue weighted by Gasteiger charge is 2.28. The topological polar surface area (TPSA) is 42.4 Å². The molecule has 5 heteroatoms. The molecule has 0 spiro atoms. The molecule has 0 aliphatic carbocycles. The van der Waals surface area contributed by atoms with Gasteiger partial charge in [0.2, 0.25) is 5.91 Å². The fourth-order valence-corrected chi connectivity index (χ4v) is 3.31. The molecule has 1 aromatic rings. The van der Waals surface area contributed by atoms with Gasteiger partial charge in [0, 0.05) is 31.1 Å². The Morgan fingerprint density at radius 1 is 1.60 bits per heavy atom. The van der Waals surface area contributed by atoms with Crippen LogP contribution in [0.5, 0.6) is 0 Å². The number of hydrogen-bond acceptors (Lipinski definition) is 4. The number of piperidine rings is 1. The number of carbonyl (C=O) groups excluding carboxylic acids is 1. The van der Waals surface area contributed by atoms with Crippen LogP contribution in [0.3, 0.4) is 0 Å². The number of aromatic nitrogens is 1. The summed E-state index contributed by atoms with van der Waals surface area (Å²) in [5.74, 6) is 0.229. The molecule has 1 atom stereocenters. The fraction of sp³-hybridized carbons (Fsp3) is 0.600. The molecule has 1 aromatic heterocycles. The zero-order valence-electron chi connectivity index (χ0n) is 11.8. The number of hydrogen-bond donors (Lipinski definition) is 0. The van der Waals surface area contributed by atoms with Gasteiger partial charge in [-0.05, 0) is 25.7 Å². The number of likely N-dealkylation sites (tertiary alicyclic amines) is 1. The molecule has 20 heavy (non-hydrogen) atoms. The van der Waals surface area contributed by atoms with Gasteiger partial charge in [-0.2, -0.15) is 0 Å². The number of thiazole rings is 1. The van der Waals surface area contributed by atoms with Crippen LogP contribution in [0.2, 0.25) is 0 Å². The normalized spacial score (nSPS) is 19.0. The summed E-state index contributed by atoms with van der Waals surface area (Å²) in [6, 6.07) is 0.186. The molecule has 0 saturated carbocycles. The molecular weight excluding hydrogens is 272 g/mol. The van der Waals surface area contributed by atoms with Crippen LogP contribution >= 0.6 is 11.3 Å². The van der Waals surface area contributed by atoms with Crippen LogP contribution in [0.4, 0.5) is 0 Å². The standard InChI is InChI=1S/C15H22N2O2S/c1-2-10-19-11-5-7-14(18)17-9-4-3-6-13(17)15-16-8-12-20-15/h2,8,12-13H,1,3-7,9-11H2/t13-/m0/s1. The van der Waals surface area contributed by atoms with Gasteiger partial charge in [-0.3, -0.25) is 4.79 Å². The number of carbonyl (C=O) groups is 1. The van der Waals surface area contributed by atoms with Crippen molar-refractivity contribution >= 4 is 17.2 Å². The van der Waals surface area contributed by atoms with Gasteiger partial charge in [-0.15, -0.1) is 17.9 Å². The van der Waals surface area contributed by atoms with Crippen molar-refractivity contribution in [1.82, 2.24) is 9.88 Å². The van der Waals surface area contributed by atoms with Crippen LogP contribution < -0.4 is 0 Å². The maximum atomic E-state index is 12.4. The van der Waals surface area contributed by atoms with Gasteiger partial charge >= 0.3 is 0 Å². The monoisotopic (exact) mass is 294 g/mol. The van der Waals surface area contributed by atoms with E-state index in [2.05, 4.69) is 11.6 Å². The van der Waals surface area contributed by atoms with Gasteiger partial charge in [0.15, 0.2) is 0 Å². The second-order valence-corrected chi connectivity index (χ2v) is 5.86. The zero-order valence-corrected chi connectivity index (χ0v) is 12.6. The summed E-state index contributed by atoms with van der Waals surface area (Å²) in [6.45, 7) is 5.63. The molecule has 1 fully saturated rings. The summed E-state index contributed by atoms with van der Waals surface area (Å²) in [6.07, 6.45) is 8.18. The van der Waals surface area contributed by atoms with E-state index in [1.165, 1.54) is 6.42 Å². The molecule has 2 rings (SSSR count). The Morgan fingerprint density at radius 3 is 3.25 bits per heavy atom. The van der Waals surface area contributed by atoms with Gasteiger partial charge in [-0.25, -0.2) is 4.98 Å². The molecule has 1 aliphatic heterocycles. The second-order valence-electron chi connectivity index (χ2n) is 4.94. The van der Waals surface area contributed by atoms with E-state index in [0.717, 1.165) is 30.8 Å². The molecule has 2 heterocycles. The Kier molecular flexibility index (Phi) is 6.21. The first-order valence-corrected chi connectivity index (χ1v) is 8.08.